The molecule has 0 aromatic heterocycles. The molecule has 1 rings (SSSR count). The molecule has 1 N–H and O–H groups in total. The van der Waals surface area contributed by atoms with E-state index in [9.17, 15) is 9.59 Å². The van der Waals surface area contributed by atoms with E-state index in [2.05, 4.69) is 5.32 Å². The largest absolute Gasteiger partial charge is 0.362 e. The van der Waals surface area contributed by atoms with E-state index in [-0.39, 0.29) is 11.8 Å². The lowest BCUT2D eigenvalue weighted by Crippen LogP contribution is -2.30. The summed E-state index contributed by atoms with van der Waals surface area (Å²) in [5.74, 6) is -0.376. The summed E-state index contributed by atoms with van der Waals surface area (Å²) in [6.45, 7) is 2.46. The van der Waals surface area contributed by atoms with Crippen LogP contribution in [0.3, 0.4) is 0 Å². The lowest BCUT2D eigenvalue weighted by molar-refractivity contribution is -0.136. The standard InChI is InChI=1S/C7H9NO2.C2H5NO/c1-2-5-8-6(9)3-4-7(8)10;1-3-2-4/h3-4H,2,5H2,1H3;2H,1H3,(H,3,4). The first-order chi connectivity index (χ1) is 6.67. The van der Waals surface area contributed by atoms with Gasteiger partial charge in [0.05, 0.1) is 0 Å². The van der Waals surface area contributed by atoms with Crippen LogP contribution in [-0.4, -0.2) is 36.7 Å². The maximum Gasteiger partial charge on any atom is 0.253 e. The Balaban J connectivity index is 0.000000364. The zero-order valence-electron chi connectivity index (χ0n) is 8.32. The highest BCUT2D eigenvalue weighted by molar-refractivity contribution is 6.12. The Morgan fingerprint density at radius 3 is 2.07 bits per heavy atom. The summed E-state index contributed by atoms with van der Waals surface area (Å²) in [6.07, 6.45) is 4.05. The molecule has 5 heteroatoms. The molecule has 0 saturated carbocycles. The van der Waals surface area contributed by atoms with Gasteiger partial charge in [-0.05, 0) is 6.42 Å². The van der Waals surface area contributed by atoms with Gasteiger partial charge in [0.15, 0.2) is 0 Å². The van der Waals surface area contributed by atoms with Crippen molar-refractivity contribution in [2.75, 3.05) is 13.6 Å². The second kappa shape index (κ2) is 6.82. The van der Waals surface area contributed by atoms with Crippen LogP contribution in [0.1, 0.15) is 13.3 Å². The predicted octanol–water partition coefficient (Wildman–Crippen LogP) is -0.316. The van der Waals surface area contributed by atoms with Crippen molar-refractivity contribution in [3.05, 3.63) is 12.2 Å². The van der Waals surface area contributed by atoms with E-state index in [4.69, 9.17) is 4.79 Å². The van der Waals surface area contributed by atoms with Crippen LogP contribution in [0.4, 0.5) is 0 Å². The van der Waals surface area contributed by atoms with Crippen LogP contribution in [0, 0.1) is 0 Å². The summed E-state index contributed by atoms with van der Waals surface area (Å²) in [6, 6.07) is 0. The van der Waals surface area contributed by atoms with Crippen LogP contribution in [0.2, 0.25) is 0 Å². The van der Waals surface area contributed by atoms with Crippen molar-refractivity contribution in [2.45, 2.75) is 13.3 Å². The predicted molar refractivity (Wildman–Crippen MR) is 51.3 cm³/mol. The Bertz CT molecular complexity index is 230. The van der Waals surface area contributed by atoms with E-state index in [1.165, 1.54) is 17.1 Å². The molecule has 0 aromatic carbocycles. The van der Waals surface area contributed by atoms with Gasteiger partial charge in [0.2, 0.25) is 6.41 Å². The van der Waals surface area contributed by atoms with E-state index in [0.29, 0.717) is 13.0 Å². The second-order valence-electron chi connectivity index (χ2n) is 2.57. The molecule has 3 amide bonds. The number of imide groups is 1. The third-order valence-corrected chi connectivity index (χ3v) is 1.47. The SMILES string of the molecule is CCCN1C(=O)C=CC1=O.CNC=O. The highest BCUT2D eigenvalue weighted by atomic mass is 16.2. The zero-order valence-corrected chi connectivity index (χ0v) is 8.32. The average molecular weight is 198 g/mol. The van der Waals surface area contributed by atoms with Gasteiger partial charge in [0.25, 0.3) is 11.8 Å². The van der Waals surface area contributed by atoms with Gasteiger partial charge in [-0.25, -0.2) is 0 Å². The minimum atomic E-state index is -0.188. The molecule has 5 nitrogen and oxygen atoms in total. The highest BCUT2D eigenvalue weighted by Crippen LogP contribution is 2.02. The first kappa shape index (κ1) is 12.3. The number of rotatable bonds is 3. The van der Waals surface area contributed by atoms with Gasteiger partial charge in [0.1, 0.15) is 0 Å². The number of nitrogens with zero attached hydrogens (tertiary/aromatic N) is 1. The normalized spacial score (nSPS) is 13.7. The molecule has 78 valence electrons. The van der Waals surface area contributed by atoms with Crippen molar-refractivity contribution in [2.24, 2.45) is 0 Å². The van der Waals surface area contributed by atoms with E-state index in [0.717, 1.165) is 6.42 Å². The third-order valence-electron chi connectivity index (χ3n) is 1.47. The molecule has 0 radical (unpaired) electrons. The monoisotopic (exact) mass is 198 g/mol. The fourth-order valence-corrected chi connectivity index (χ4v) is 0.875. The number of hydrogen-bond donors (Lipinski definition) is 1. The van der Waals surface area contributed by atoms with Crippen LogP contribution < -0.4 is 5.32 Å². The van der Waals surface area contributed by atoms with Gasteiger partial charge in [0, 0.05) is 25.7 Å². The minimum absolute atomic E-state index is 0.188. The zero-order chi connectivity index (χ0) is 11.0. The molecular formula is C9H14N2O3. The molecule has 14 heavy (non-hydrogen) atoms. The highest BCUT2D eigenvalue weighted by Gasteiger charge is 2.21. The number of hydrogen-bond acceptors (Lipinski definition) is 3. The van der Waals surface area contributed by atoms with E-state index in [1.807, 2.05) is 6.92 Å². The topological polar surface area (TPSA) is 66.5 Å². The summed E-state index contributed by atoms with van der Waals surface area (Å²) < 4.78 is 0. The van der Waals surface area contributed by atoms with Crippen LogP contribution >= 0.6 is 0 Å². The third kappa shape index (κ3) is 3.84. The van der Waals surface area contributed by atoms with Crippen molar-refractivity contribution in [3.8, 4) is 0 Å². The Kier molecular flexibility index (Phi) is 6.02. The average Bonchev–Trinajstić information content (AvgIpc) is 2.50. The van der Waals surface area contributed by atoms with Crippen LogP contribution in [-0.2, 0) is 14.4 Å². The Morgan fingerprint density at radius 1 is 1.36 bits per heavy atom. The molecule has 0 unspecified atom stereocenters. The van der Waals surface area contributed by atoms with E-state index < -0.39 is 0 Å². The molecule has 0 aliphatic carbocycles. The summed E-state index contributed by atoms with van der Waals surface area (Å²) in [5.41, 5.74) is 0. The van der Waals surface area contributed by atoms with Gasteiger partial charge in [-0.1, -0.05) is 6.92 Å². The van der Waals surface area contributed by atoms with Gasteiger partial charge in [-0.15, -0.1) is 0 Å². The van der Waals surface area contributed by atoms with Gasteiger partial charge in [-0.3, -0.25) is 19.3 Å². The van der Waals surface area contributed by atoms with Crippen LogP contribution in [0.5, 0.6) is 0 Å². The first-order valence-electron chi connectivity index (χ1n) is 4.31. The number of amides is 3. The van der Waals surface area contributed by atoms with Crippen molar-refractivity contribution in [1.29, 1.82) is 0 Å². The maximum absolute atomic E-state index is 10.8. The lowest BCUT2D eigenvalue weighted by Gasteiger charge is -2.10. The molecule has 0 aromatic rings. The van der Waals surface area contributed by atoms with Crippen molar-refractivity contribution in [1.82, 2.24) is 10.2 Å². The fraction of sp³-hybridized carbons (Fsp3) is 0.444. The molecule has 0 bridgehead atoms. The van der Waals surface area contributed by atoms with E-state index in [1.54, 1.807) is 7.05 Å². The molecule has 0 spiro atoms. The Labute approximate surface area is 82.8 Å². The number of carbonyl (C=O) groups excluding carboxylic acids is 3. The van der Waals surface area contributed by atoms with E-state index >= 15 is 0 Å². The summed E-state index contributed by atoms with van der Waals surface area (Å²) in [7, 11) is 1.56. The number of carbonyl (C=O) groups is 3. The minimum Gasteiger partial charge on any atom is -0.362 e. The number of nitrogens with one attached hydrogen (secondary N) is 1. The van der Waals surface area contributed by atoms with Gasteiger partial charge >= 0.3 is 0 Å². The molecule has 1 aliphatic rings. The Hall–Kier alpha value is -1.65. The second-order valence-corrected chi connectivity index (χ2v) is 2.57. The van der Waals surface area contributed by atoms with Crippen molar-refractivity contribution < 1.29 is 14.4 Å². The summed E-state index contributed by atoms with van der Waals surface area (Å²) in [5, 5.41) is 2.25. The van der Waals surface area contributed by atoms with Gasteiger partial charge < -0.3 is 5.32 Å². The molecule has 0 fully saturated rings. The van der Waals surface area contributed by atoms with Crippen LogP contribution in [0.25, 0.3) is 0 Å². The smallest absolute Gasteiger partial charge is 0.253 e. The fourth-order valence-electron chi connectivity index (χ4n) is 0.875. The van der Waals surface area contributed by atoms with Gasteiger partial charge in [-0.2, -0.15) is 0 Å². The molecule has 0 atom stereocenters. The first-order valence-corrected chi connectivity index (χ1v) is 4.31. The molecule has 1 aliphatic heterocycles. The van der Waals surface area contributed by atoms with Crippen LogP contribution in [0.15, 0.2) is 12.2 Å². The lowest BCUT2D eigenvalue weighted by atomic mass is 10.4. The van der Waals surface area contributed by atoms with Crippen molar-refractivity contribution >= 4 is 18.2 Å². The Morgan fingerprint density at radius 2 is 1.79 bits per heavy atom. The summed E-state index contributed by atoms with van der Waals surface area (Å²) in [4.78, 5) is 31.9. The summed E-state index contributed by atoms with van der Waals surface area (Å²) >= 11 is 0. The quantitative estimate of drug-likeness (QED) is 0.499. The van der Waals surface area contributed by atoms with Crippen molar-refractivity contribution in [3.63, 3.8) is 0 Å². The molecule has 0 saturated heterocycles. The molecule has 1 heterocycles. The molecular weight excluding hydrogens is 184 g/mol. The maximum atomic E-state index is 10.8.